The van der Waals surface area contributed by atoms with Gasteiger partial charge in [0.05, 0.1) is 6.10 Å². The predicted octanol–water partition coefficient (Wildman–Crippen LogP) is 3.25. The average Bonchev–Trinajstić information content (AvgIpc) is 2.19. The lowest BCUT2D eigenvalue weighted by Gasteiger charge is -2.16. The van der Waals surface area contributed by atoms with Gasteiger partial charge in [-0.25, -0.2) is 0 Å². The van der Waals surface area contributed by atoms with E-state index in [0.29, 0.717) is 5.92 Å². The molecule has 0 aromatic carbocycles. The van der Waals surface area contributed by atoms with Crippen LogP contribution in [0.2, 0.25) is 0 Å². The van der Waals surface area contributed by atoms with Crippen molar-refractivity contribution in [3.8, 4) is 0 Å². The Kier molecular flexibility index (Phi) is 4.95. The SMILES string of the molecule is CCCC(O)C(C)=[C]C1CC=CCC1. The highest BCUT2D eigenvalue weighted by Crippen LogP contribution is 2.21. The zero-order valence-electron chi connectivity index (χ0n) is 9.29. The molecule has 1 radical (unpaired) electrons. The zero-order valence-corrected chi connectivity index (χ0v) is 9.29. The third-order valence-corrected chi connectivity index (χ3v) is 2.76. The van der Waals surface area contributed by atoms with Crippen molar-refractivity contribution in [3.63, 3.8) is 0 Å². The first-order chi connectivity index (χ1) is 6.74. The maximum Gasteiger partial charge on any atom is 0.0753 e. The van der Waals surface area contributed by atoms with Crippen LogP contribution < -0.4 is 0 Å². The second kappa shape index (κ2) is 6.02. The largest absolute Gasteiger partial charge is 0.389 e. The van der Waals surface area contributed by atoms with Gasteiger partial charge in [-0.05, 0) is 50.2 Å². The molecule has 0 aliphatic heterocycles. The molecule has 2 atom stereocenters. The second-order valence-electron chi connectivity index (χ2n) is 4.11. The molecule has 2 unspecified atom stereocenters. The molecule has 1 heteroatoms. The second-order valence-corrected chi connectivity index (χ2v) is 4.11. The lowest BCUT2D eigenvalue weighted by Crippen LogP contribution is -2.10. The maximum absolute atomic E-state index is 9.73. The molecule has 14 heavy (non-hydrogen) atoms. The fourth-order valence-electron chi connectivity index (χ4n) is 1.83. The first-order valence-electron chi connectivity index (χ1n) is 5.67. The van der Waals surface area contributed by atoms with Crippen LogP contribution in [0.15, 0.2) is 17.7 Å². The van der Waals surface area contributed by atoms with Crippen LogP contribution >= 0.6 is 0 Å². The van der Waals surface area contributed by atoms with Crippen LogP contribution in [0, 0.1) is 12.0 Å². The summed E-state index contributed by atoms with van der Waals surface area (Å²) in [6.07, 6.45) is 12.9. The molecule has 0 amide bonds. The van der Waals surface area contributed by atoms with E-state index in [1.807, 2.05) is 6.92 Å². The molecular weight excluding hydrogens is 172 g/mol. The molecule has 1 rings (SSSR count). The van der Waals surface area contributed by atoms with Gasteiger partial charge in [-0.2, -0.15) is 0 Å². The maximum atomic E-state index is 9.73. The van der Waals surface area contributed by atoms with Crippen molar-refractivity contribution in [1.82, 2.24) is 0 Å². The summed E-state index contributed by atoms with van der Waals surface area (Å²) in [6.45, 7) is 4.10. The van der Waals surface area contributed by atoms with Crippen molar-refractivity contribution in [1.29, 1.82) is 0 Å². The first-order valence-corrected chi connectivity index (χ1v) is 5.67. The molecule has 1 nitrogen and oxygen atoms in total. The molecule has 0 spiro atoms. The molecule has 0 heterocycles. The quantitative estimate of drug-likeness (QED) is 0.679. The monoisotopic (exact) mass is 193 g/mol. The Hall–Kier alpha value is -0.560. The lowest BCUT2D eigenvalue weighted by atomic mass is 9.91. The summed E-state index contributed by atoms with van der Waals surface area (Å²) >= 11 is 0. The van der Waals surface area contributed by atoms with Gasteiger partial charge in [0.2, 0.25) is 0 Å². The molecule has 79 valence electrons. The highest BCUT2D eigenvalue weighted by Gasteiger charge is 2.11. The number of aliphatic hydroxyl groups excluding tert-OH is 1. The molecule has 0 aromatic rings. The van der Waals surface area contributed by atoms with Gasteiger partial charge < -0.3 is 5.11 Å². The van der Waals surface area contributed by atoms with Gasteiger partial charge in [0, 0.05) is 0 Å². The minimum atomic E-state index is -0.272. The van der Waals surface area contributed by atoms with Crippen LogP contribution in [-0.2, 0) is 0 Å². The molecule has 0 bridgehead atoms. The molecule has 0 fully saturated rings. The number of hydrogen-bond acceptors (Lipinski definition) is 1. The molecule has 0 saturated carbocycles. The number of aliphatic hydroxyl groups is 1. The summed E-state index contributed by atoms with van der Waals surface area (Å²) in [5.41, 5.74) is 1.03. The minimum Gasteiger partial charge on any atom is -0.389 e. The highest BCUT2D eigenvalue weighted by atomic mass is 16.3. The number of allylic oxidation sites excluding steroid dienone is 3. The number of rotatable bonds is 4. The Morgan fingerprint density at radius 3 is 2.93 bits per heavy atom. The van der Waals surface area contributed by atoms with Crippen molar-refractivity contribution >= 4 is 0 Å². The van der Waals surface area contributed by atoms with Gasteiger partial charge in [0.1, 0.15) is 0 Å². The van der Waals surface area contributed by atoms with E-state index in [4.69, 9.17) is 0 Å². The summed E-state index contributed by atoms with van der Waals surface area (Å²) in [4.78, 5) is 0. The highest BCUT2D eigenvalue weighted by molar-refractivity contribution is 5.04. The average molecular weight is 193 g/mol. The van der Waals surface area contributed by atoms with Crippen LogP contribution in [0.3, 0.4) is 0 Å². The smallest absolute Gasteiger partial charge is 0.0753 e. The normalized spacial score (nSPS) is 25.1. The Labute approximate surface area is 87.5 Å². The fraction of sp³-hybridized carbons (Fsp3) is 0.692. The molecular formula is C13H21O. The summed E-state index contributed by atoms with van der Waals surface area (Å²) in [5.74, 6) is 0.534. The Balaban J connectivity index is 2.44. The topological polar surface area (TPSA) is 20.2 Å². The molecule has 1 aliphatic carbocycles. The predicted molar refractivity (Wildman–Crippen MR) is 59.8 cm³/mol. The molecule has 0 saturated heterocycles. The fourth-order valence-corrected chi connectivity index (χ4v) is 1.83. The van der Waals surface area contributed by atoms with Crippen LogP contribution in [0.25, 0.3) is 0 Å². The summed E-state index contributed by atoms with van der Waals surface area (Å²) < 4.78 is 0. The van der Waals surface area contributed by atoms with Gasteiger partial charge in [-0.3, -0.25) is 0 Å². The third-order valence-electron chi connectivity index (χ3n) is 2.76. The van der Waals surface area contributed by atoms with E-state index in [-0.39, 0.29) is 6.10 Å². The van der Waals surface area contributed by atoms with Crippen LogP contribution in [-0.4, -0.2) is 11.2 Å². The van der Waals surface area contributed by atoms with Gasteiger partial charge >= 0.3 is 0 Å². The van der Waals surface area contributed by atoms with Crippen molar-refractivity contribution in [2.45, 2.75) is 52.1 Å². The van der Waals surface area contributed by atoms with Crippen LogP contribution in [0.4, 0.5) is 0 Å². The number of hydrogen-bond donors (Lipinski definition) is 1. The summed E-state index contributed by atoms with van der Waals surface area (Å²) in [7, 11) is 0. The Morgan fingerprint density at radius 1 is 1.57 bits per heavy atom. The van der Waals surface area contributed by atoms with Crippen molar-refractivity contribution in [2.24, 2.45) is 5.92 Å². The van der Waals surface area contributed by atoms with Gasteiger partial charge in [-0.15, -0.1) is 0 Å². The van der Waals surface area contributed by atoms with Crippen molar-refractivity contribution in [3.05, 3.63) is 23.8 Å². The standard InChI is InChI=1S/C13H21O/c1-3-7-13(14)11(2)10-12-8-5-4-6-9-12/h4-5,12-14H,3,6-9H2,1-2H3. The Bertz CT molecular complexity index is 215. The van der Waals surface area contributed by atoms with Crippen LogP contribution in [0.5, 0.6) is 0 Å². The molecule has 1 N–H and O–H groups in total. The van der Waals surface area contributed by atoms with Crippen LogP contribution in [0.1, 0.15) is 46.0 Å². The summed E-state index contributed by atoms with van der Waals surface area (Å²) in [5, 5.41) is 9.73. The van der Waals surface area contributed by atoms with E-state index >= 15 is 0 Å². The lowest BCUT2D eigenvalue weighted by molar-refractivity contribution is 0.197. The van der Waals surface area contributed by atoms with E-state index in [9.17, 15) is 5.11 Å². The minimum absolute atomic E-state index is 0.272. The van der Waals surface area contributed by atoms with E-state index in [1.165, 1.54) is 6.42 Å². The molecule has 1 aliphatic rings. The van der Waals surface area contributed by atoms with Gasteiger partial charge in [0.15, 0.2) is 0 Å². The molecule has 0 aromatic heterocycles. The van der Waals surface area contributed by atoms with Crippen molar-refractivity contribution in [2.75, 3.05) is 0 Å². The van der Waals surface area contributed by atoms with E-state index in [0.717, 1.165) is 31.3 Å². The zero-order chi connectivity index (χ0) is 10.4. The Morgan fingerprint density at radius 2 is 2.36 bits per heavy atom. The first kappa shape index (κ1) is 11.5. The van der Waals surface area contributed by atoms with Gasteiger partial charge in [0.25, 0.3) is 0 Å². The third kappa shape index (κ3) is 3.67. The van der Waals surface area contributed by atoms with Crippen molar-refractivity contribution < 1.29 is 5.11 Å². The van der Waals surface area contributed by atoms with E-state index in [2.05, 4.69) is 25.2 Å². The summed E-state index contributed by atoms with van der Waals surface area (Å²) in [6, 6.07) is 0. The van der Waals surface area contributed by atoms with Gasteiger partial charge in [-0.1, -0.05) is 25.5 Å². The van der Waals surface area contributed by atoms with E-state index in [1.54, 1.807) is 0 Å². The van der Waals surface area contributed by atoms with E-state index < -0.39 is 0 Å².